The van der Waals surface area contributed by atoms with Gasteiger partial charge in [-0.2, -0.15) is 0 Å². The second-order valence-corrected chi connectivity index (χ2v) is 7.71. The molecule has 1 fully saturated rings. The summed E-state index contributed by atoms with van der Waals surface area (Å²) in [4.78, 5) is 22.0. The van der Waals surface area contributed by atoms with Crippen molar-refractivity contribution in [2.24, 2.45) is 5.92 Å². The van der Waals surface area contributed by atoms with E-state index in [4.69, 9.17) is 8.85 Å². The maximum absolute atomic E-state index is 11.2. The lowest BCUT2D eigenvalue weighted by atomic mass is 10.0. The number of esters is 2. The van der Waals surface area contributed by atoms with E-state index in [1.165, 1.54) is 0 Å². The molecule has 0 aromatic carbocycles. The van der Waals surface area contributed by atoms with Gasteiger partial charge in [0.2, 0.25) is 0 Å². The molecule has 0 radical (unpaired) electrons. The molecule has 0 N–H and O–H groups in total. The molecule has 1 atom stereocenters. The first kappa shape index (κ1) is 13.3. The molecule has 1 rings (SSSR count). The lowest BCUT2D eigenvalue weighted by Gasteiger charge is -2.22. The molecule has 0 aliphatic carbocycles. The van der Waals surface area contributed by atoms with Crippen molar-refractivity contribution >= 4 is 20.5 Å². The van der Waals surface area contributed by atoms with Gasteiger partial charge in [-0.25, -0.2) is 0 Å². The number of rotatable bonds is 6. The summed E-state index contributed by atoms with van der Waals surface area (Å²) in [6.45, 7) is 1.98. The Morgan fingerprint density at radius 2 is 2.00 bits per heavy atom. The van der Waals surface area contributed by atoms with E-state index in [1.54, 1.807) is 14.2 Å². The van der Waals surface area contributed by atoms with E-state index < -0.39 is 14.5 Å². The van der Waals surface area contributed by atoms with Crippen LogP contribution in [0, 0.1) is 5.92 Å². The number of ether oxygens (including phenoxy) is 1. The predicted octanol–water partition coefficient (Wildman–Crippen LogP) is 1.22. The molecular weight excluding hydrogens is 228 g/mol. The van der Waals surface area contributed by atoms with Crippen LogP contribution < -0.4 is 0 Å². The van der Waals surface area contributed by atoms with Crippen LogP contribution in [-0.4, -0.2) is 34.7 Å². The third-order valence-corrected chi connectivity index (χ3v) is 6.00. The Bertz CT molecular complexity index is 274. The minimum atomic E-state index is -2.05. The first-order chi connectivity index (χ1) is 7.50. The molecule has 1 unspecified atom stereocenters. The van der Waals surface area contributed by atoms with Gasteiger partial charge in [0, 0.05) is 14.2 Å². The highest BCUT2D eigenvalue weighted by atomic mass is 28.4. The summed E-state index contributed by atoms with van der Waals surface area (Å²) < 4.78 is 15.1. The van der Waals surface area contributed by atoms with Crippen molar-refractivity contribution in [1.82, 2.24) is 0 Å². The number of hydrogen-bond acceptors (Lipinski definition) is 5. The zero-order chi connectivity index (χ0) is 12.2. The molecule has 0 aromatic rings. The summed E-state index contributed by atoms with van der Waals surface area (Å²) in [5.41, 5.74) is 0. The lowest BCUT2D eigenvalue weighted by molar-refractivity contribution is -0.153. The van der Waals surface area contributed by atoms with Gasteiger partial charge in [-0.05, 0) is 19.0 Å². The van der Waals surface area contributed by atoms with Crippen molar-refractivity contribution in [3.8, 4) is 0 Å². The van der Waals surface area contributed by atoms with Gasteiger partial charge in [0.1, 0.15) is 0 Å². The Kier molecular flexibility index (Phi) is 4.64. The number of hydrogen-bond donors (Lipinski definition) is 0. The Morgan fingerprint density at radius 1 is 1.38 bits per heavy atom. The average molecular weight is 246 g/mol. The summed E-state index contributed by atoms with van der Waals surface area (Å²) >= 11 is 0. The highest BCUT2D eigenvalue weighted by molar-refractivity contribution is 6.65. The average Bonchev–Trinajstić information content (AvgIpc) is 2.57. The molecule has 16 heavy (non-hydrogen) atoms. The quantitative estimate of drug-likeness (QED) is 0.400. The minimum absolute atomic E-state index is 0.219. The van der Waals surface area contributed by atoms with Crippen molar-refractivity contribution in [2.45, 2.75) is 31.9 Å². The van der Waals surface area contributed by atoms with E-state index in [-0.39, 0.29) is 18.3 Å². The van der Waals surface area contributed by atoms with Crippen LogP contribution in [0.25, 0.3) is 0 Å². The molecule has 1 saturated heterocycles. The molecule has 0 saturated carbocycles. The SMILES string of the molecule is CO[Si](C)(CCCC1CC(=O)OC1=O)OC. The Hall–Kier alpha value is -0.723. The monoisotopic (exact) mass is 246 g/mol. The van der Waals surface area contributed by atoms with Crippen molar-refractivity contribution in [1.29, 1.82) is 0 Å². The first-order valence-electron chi connectivity index (χ1n) is 5.35. The summed E-state index contributed by atoms with van der Waals surface area (Å²) in [7, 11) is 1.24. The molecule has 92 valence electrons. The molecule has 0 spiro atoms. The lowest BCUT2D eigenvalue weighted by Crippen LogP contribution is -2.35. The molecule has 1 aliphatic heterocycles. The molecule has 0 amide bonds. The molecule has 5 nitrogen and oxygen atoms in total. The maximum atomic E-state index is 11.2. The van der Waals surface area contributed by atoms with Crippen LogP contribution in [0.2, 0.25) is 12.6 Å². The fourth-order valence-corrected chi connectivity index (χ4v) is 3.12. The fraction of sp³-hybridized carbons (Fsp3) is 0.800. The first-order valence-corrected chi connectivity index (χ1v) is 7.88. The van der Waals surface area contributed by atoms with Gasteiger partial charge in [0.15, 0.2) is 0 Å². The van der Waals surface area contributed by atoms with Crippen LogP contribution in [0.4, 0.5) is 0 Å². The summed E-state index contributed by atoms with van der Waals surface area (Å²) in [6.07, 6.45) is 1.70. The fourth-order valence-electron chi connectivity index (χ4n) is 1.70. The van der Waals surface area contributed by atoms with Gasteiger partial charge in [-0.1, -0.05) is 6.42 Å². The Morgan fingerprint density at radius 3 is 2.44 bits per heavy atom. The van der Waals surface area contributed by atoms with Crippen LogP contribution in [0.15, 0.2) is 0 Å². The molecule has 1 heterocycles. The van der Waals surface area contributed by atoms with E-state index in [9.17, 15) is 9.59 Å². The van der Waals surface area contributed by atoms with Crippen LogP contribution in [0.5, 0.6) is 0 Å². The van der Waals surface area contributed by atoms with Gasteiger partial charge in [-0.3, -0.25) is 9.59 Å². The van der Waals surface area contributed by atoms with Gasteiger partial charge in [-0.15, -0.1) is 0 Å². The highest BCUT2D eigenvalue weighted by Crippen LogP contribution is 2.24. The molecule has 1 aliphatic rings. The number of cyclic esters (lactones) is 2. The van der Waals surface area contributed by atoms with Gasteiger partial charge < -0.3 is 13.6 Å². The molecular formula is C10H18O5Si. The normalized spacial score (nSPS) is 21.3. The van der Waals surface area contributed by atoms with E-state index >= 15 is 0 Å². The maximum Gasteiger partial charge on any atom is 0.334 e. The zero-order valence-corrected chi connectivity index (χ0v) is 10.9. The van der Waals surface area contributed by atoms with E-state index in [1.807, 2.05) is 6.55 Å². The molecule has 0 aromatic heterocycles. The topological polar surface area (TPSA) is 61.8 Å². The predicted molar refractivity (Wildman–Crippen MR) is 58.9 cm³/mol. The van der Waals surface area contributed by atoms with E-state index in [0.717, 1.165) is 12.5 Å². The third kappa shape index (κ3) is 3.40. The number of carbonyl (C=O) groups is 2. The zero-order valence-electron chi connectivity index (χ0n) is 9.95. The van der Waals surface area contributed by atoms with Crippen molar-refractivity contribution in [3.63, 3.8) is 0 Å². The highest BCUT2D eigenvalue weighted by Gasteiger charge is 2.34. The van der Waals surface area contributed by atoms with Gasteiger partial charge in [0.05, 0.1) is 12.3 Å². The number of carbonyl (C=O) groups excluding carboxylic acids is 2. The van der Waals surface area contributed by atoms with Crippen LogP contribution in [0.3, 0.4) is 0 Å². The van der Waals surface area contributed by atoms with Crippen molar-refractivity contribution in [3.05, 3.63) is 0 Å². The third-order valence-electron chi connectivity index (χ3n) is 3.01. The minimum Gasteiger partial charge on any atom is -0.398 e. The van der Waals surface area contributed by atoms with Crippen LogP contribution in [-0.2, 0) is 23.2 Å². The van der Waals surface area contributed by atoms with E-state index in [0.29, 0.717) is 6.42 Å². The van der Waals surface area contributed by atoms with Gasteiger partial charge in [0.25, 0.3) is 0 Å². The second kappa shape index (κ2) is 5.56. The summed E-state index contributed by atoms with van der Waals surface area (Å²) in [5.74, 6) is -1.06. The van der Waals surface area contributed by atoms with Crippen LogP contribution >= 0.6 is 0 Å². The van der Waals surface area contributed by atoms with Crippen molar-refractivity contribution < 1.29 is 23.2 Å². The molecule has 6 heteroatoms. The van der Waals surface area contributed by atoms with E-state index in [2.05, 4.69) is 4.74 Å². The smallest absolute Gasteiger partial charge is 0.334 e. The van der Waals surface area contributed by atoms with Gasteiger partial charge >= 0.3 is 20.5 Å². The Balaban J connectivity index is 2.30. The van der Waals surface area contributed by atoms with Crippen LogP contribution in [0.1, 0.15) is 19.3 Å². The molecule has 0 bridgehead atoms. The van der Waals surface area contributed by atoms with Crippen molar-refractivity contribution in [2.75, 3.05) is 14.2 Å². The standard InChI is InChI=1S/C10H18O5Si/c1-13-16(3,14-2)6-4-5-8-7-9(11)15-10(8)12/h8H,4-7H2,1-3H3. The Labute approximate surface area is 96.3 Å². The second-order valence-electron chi connectivity index (χ2n) is 4.13. The largest absolute Gasteiger partial charge is 0.398 e. The summed E-state index contributed by atoms with van der Waals surface area (Å²) in [5, 5.41) is 0. The summed E-state index contributed by atoms with van der Waals surface area (Å²) in [6, 6.07) is 0.817.